The Morgan fingerprint density at radius 2 is 1.46 bits per heavy atom. The van der Waals surface area contributed by atoms with Gasteiger partial charge < -0.3 is 4.74 Å². The molecule has 0 atom stereocenters. The van der Waals surface area contributed by atoms with Crippen LogP contribution < -0.4 is 0 Å². The van der Waals surface area contributed by atoms with Gasteiger partial charge >= 0.3 is 0 Å². The summed E-state index contributed by atoms with van der Waals surface area (Å²) < 4.78 is 5.24. The Balaban J connectivity index is 1.67. The molecular formula is C23H25N3O2. The van der Waals surface area contributed by atoms with Crippen molar-refractivity contribution in [3.05, 3.63) is 66.4 Å². The summed E-state index contributed by atoms with van der Waals surface area (Å²) in [4.78, 5) is 12.6. The first-order chi connectivity index (χ1) is 13.8. The van der Waals surface area contributed by atoms with Crippen molar-refractivity contribution < 1.29 is 9.53 Å². The molecule has 0 aliphatic rings. The Bertz CT molecular complexity index is 857. The predicted molar refractivity (Wildman–Crippen MR) is 110 cm³/mol. The first-order valence-corrected chi connectivity index (χ1v) is 9.74. The molecule has 0 saturated heterocycles. The molecular weight excluding hydrogens is 350 g/mol. The maximum atomic E-state index is 10.8. The zero-order chi connectivity index (χ0) is 19.6. The maximum absolute atomic E-state index is 10.8. The van der Waals surface area contributed by atoms with Crippen molar-refractivity contribution in [1.29, 1.82) is 0 Å². The molecule has 28 heavy (non-hydrogen) atoms. The molecule has 0 bridgehead atoms. The van der Waals surface area contributed by atoms with Crippen LogP contribution in [-0.4, -0.2) is 27.5 Å². The first kappa shape index (κ1) is 19.6. The van der Waals surface area contributed by atoms with Crippen molar-refractivity contribution in [2.24, 2.45) is 0 Å². The Labute approximate surface area is 165 Å². The van der Waals surface area contributed by atoms with E-state index in [9.17, 15) is 4.79 Å². The molecule has 0 fully saturated rings. The number of aromatic nitrogens is 3. The van der Waals surface area contributed by atoms with Gasteiger partial charge in [-0.2, -0.15) is 15.0 Å². The smallest absolute Gasteiger partial charge is 0.179 e. The van der Waals surface area contributed by atoms with E-state index < -0.39 is 0 Å². The molecule has 0 unspecified atom stereocenters. The molecule has 0 aliphatic carbocycles. The van der Waals surface area contributed by atoms with Crippen LogP contribution in [0.1, 0.15) is 32.6 Å². The maximum Gasteiger partial charge on any atom is 0.179 e. The highest BCUT2D eigenvalue weighted by Crippen LogP contribution is 2.28. The first-order valence-electron chi connectivity index (χ1n) is 9.74. The zero-order valence-electron chi connectivity index (χ0n) is 16.2. The monoisotopic (exact) mass is 375 g/mol. The van der Waals surface area contributed by atoms with Crippen molar-refractivity contribution in [1.82, 2.24) is 15.0 Å². The number of carbonyl (C=O) groups excluding carboxylic acids is 1. The van der Waals surface area contributed by atoms with Crippen molar-refractivity contribution >= 4 is 5.94 Å². The molecule has 1 aromatic heterocycles. The van der Waals surface area contributed by atoms with Crippen LogP contribution in [0.2, 0.25) is 0 Å². The lowest BCUT2D eigenvalue weighted by Crippen LogP contribution is -2.03. The summed E-state index contributed by atoms with van der Waals surface area (Å²) in [5.41, 5.74) is 3.92. The average Bonchev–Trinajstić information content (AvgIpc) is 3.18. The molecule has 0 aliphatic heterocycles. The number of benzene rings is 2. The summed E-state index contributed by atoms with van der Waals surface area (Å²) in [6, 6.07) is 20.3. The third-order valence-electron chi connectivity index (χ3n) is 4.44. The summed E-state index contributed by atoms with van der Waals surface area (Å²) in [5.74, 6) is 2.29. The van der Waals surface area contributed by atoms with E-state index in [1.54, 1.807) is 4.80 Å². The Morgan fingerprint density at radius 3 is 1.96 bits per heavy atom. The highest BCUT2D eigenvalue weighted by Gasteiger charge is 2.14. The molecule has 0 radical (unpaired) electrons. The topological polar surface area (TPSA) is 57.0 Å². The standard InChI is InChI=1S/C23H25N3O2/c1-2-28-21(18-27)16-10-5-11-17-26-24-22(19-12-6-3-7-13-19)23(25-26)20-14-8-4-9-15-20/h3-4,6-9,12-15H,2,5,10-11,16-17H2,1H3. The normalized spacial score (nSPS) is 10.5. The summed E-state index contributed by atoms with van der Waals surface area (Å²) in [6.07, 6.45) is 3.44. The molecule has 0 amide bonds. The van der Waals surface area contributed by atoms with Gasteiger partial charge in [-0.3, -0.25) is 0 Å². The minimum absolute atomic E-state index is 0.414. The third kappa shape index (κ3) is 5.18. The van der Waals surface area contributed by atoms with Crippen molar-refractivity contribution in [2.75, 3.05) is 6.61 Å². The van der Waals surface area contributed by atoms with Gasteiger partial charge in [-0.1, -0.05) is 67.1 Å². The second-order valence-electron chi connectivity index (χ2n) is 6.49. The van der Waals surface area contributed by atoms with E-state index in [0.717, 1.165) is 48.3 Å². The van der Waals surface area contributed by atoms with E-state index in [1.807, 2.05) is 49.3 Å². The second kappa shape index (κ2) is 10.2. The van der Waals surface area contributed by atoms with E-state index in [4.69, 9.17) is 14.9 Å². The SMILES string of the molecule is CCOC(=C=O)CCCCCn1nc(-c2ccccc2)c(-c2ccccc2)n1. The fraction of sp³-hybridized carbons (Fsp3) is 0.304. The number of aryl methyl sites for hydroxylation is 1. The van der Waals surface area contributed by atoms with Gasteiger partial charge in [0.15, 0.2) is 11.7 Å². The Kier molecular flexibility index (Phi) is 7.16. The number of unbranched alkanes of at least 4 members (excludes halogenated alkanes) is 2. The van der Waals surface area contributed by atoms with Crippen LogP contribution in [0.25, 0.3) is 22.5 Å². The minimum atomic E-state index is 0.414. The number of hydrogen-bond acceptors (Lipinski definition) is 4. The molecule has 3 aromatic rings. The van der Waals surface area contributed by atoms with E-state index in [-0.39, 0.29) is 0 Å². The molecule has 0 spiro atoms. The van der Waals surface area contributed by atoms with Crippen LogP contribution in [0.15, 0.2) is 66.4 Å². The number of hydrogen-bond donors (Lipinski definition) is 0. The molecule has 0 saturated carbocycles. The van der Waals surface area contributed by atoms with E-state index in [2.05, 4.69) is 24.3 Å². The third-order valence-corrected chi connectivity index (χ3v) is 4.44. The fourth-order valence-corrected chi connectivity index (χ4v) is 3.07. The van der Waals surface area contributed by atoms with Gasteiger partial charge in [0.1, 0.15) is 11.4 Å². The molecule has 5 heteroatoms. The lowest BCUT2D eigenvalue weighted by molar-refractivity contribution is 0.219. The number of ether oxygens (including phenoxy) is 1. The quantitative estimate of drug-likeness (QED) is 0.287. The molecule has 2 aromatic carbocycles. The average molecular weight is 375 g/mol. The van der Waals surface area contributed by atoms with Gasteiger partial charge in [0.25, 0.3) is 0 Å². The van der Waals surface area contributed by atoms with Crippen LogP contribution in [0.5, 0.6) is 0 Å². The predicted octanol–water partition coefficient (Wildman–Crippen LogP) is 4.92. The Morgan fingerprint density at radius 1 is 0.893 bits per heavy atom. The van der Waals surface area contributed by atoms with Gasteiger partial charge in [0, 0.05) is 17.5 Å². The van der Waals surface area contributed by atoms with Gasteiger partial charge in [-0.05, 0) is 19.8 Å². The fourth-order valence-electron chi connectivity index (χ4n) is 3.07. The van der Waals surface area contributed by atoms with Crippen molar-refractivity contribution in [2.45, 2.75) is 39.2 Å². The van der Waals surface area contributed by atoms with Crippen LogP contribution in [0, 0.1) is 0 Å². The molecule has 144 valence electrons. The number of rotatable bonds is 10. The van der Waals surface area contributed by atoms with Crippen LogP contribution in [0.3, 0.4) is 0 Å². The summed E-state index contributed by atoms with van der Waals surface area (Å²) in [7, 11) is 0. The van der Waals surface area contributed by atoms with Gasteiger partial charge in [0.05, 0.1) is 13.2 Å². The highest BCUT2D eigenvalue weighted by atomic mass is 16.5. The van der Waals surface area contributed by atoms with Crippen molar-refractivity contribution in [3.63, 3.8) is 0 Å². The van der Waals surface area contributed by atoms with Crippen molar-refractivity contribution in [3.8, 4) is 22.5 Å². The molecule has 3 rings (SSSR count). The second-order valence-corrected chi connectivity index (χ2v) is 6.49. The number of nitrogens with zero attached hydrogens (tertiary/aromatic N) is 3. The van der Waals surface area contributed by atoms with Gasteiger partial charge in [0.2, 0.25) is 0 Å². The lowest BCUT2D eigenvalue weighted by atomic mass is 10.1. The minimum Gasteiger partial charge on any atom is -0.487 e. The lowest BCUT2D eigenvalue weighted by Gasteiger charge is -2.04. The van der Waals surface area contributed by atoms with E-state index in [0.29, 0.717) is 18.8 Å². The molecule has 1 heterocycles. The summed E-state index contributed by atoms with van der Waals surface area (Å²) >= 11 is 0. The van der Waals surface area contributed by atoms with E-state index in [1.165, 1.54) is 0 Å². The summed E-state index contributed by atoms with van der Waals surface area (Å²) in [5, 5.41) is 9.50. The molecule has 0 N–H and O–H groups in total. The van der Waals surface area contributed by atoms with Gasteiger partial charge in [-0.15, -0.1) is 0 Å². The number of allylic oxidation sites excluding steroid dienone is 1. The molecule has 5 nitrogen and oxygen atoms in total. The largest absolute Gasteiger partial charge is 0.487 e. The summed E-state index contributed by atoms with van der Waals surface area (Å²) in [6.45, 7) is 3.11. The van der Waals surface area contributed by atoms with Crippen LogP contribution in [0.4, 0.5) is 0 Å². The van der Waals surface area contributed by atoms with Crippen LogP contribution >= 0.6 is 0 Å². The van der Waals surface area contributed by atoms with E-state index >= 15 is 0 Å². The van der Waals surface area contributed by atoms with Crippen LogP contribution in [-0.2, 0) is 16.1 Å². The Hall–Kier alpha value is -3.17. The highest BCUT2D eigenvalue weighted by molar-refractivity contribution is 5.77. The van der Waals surface area contributed by atoms with Gasteiger partial charge in [-0.25, -0.2) is 4.79 Å². The zero-order valence-corrected chi connectivity index (χ0v) is 16.2.